The number of nitrogens with zero attached hydrogens (tertiary/aromatic N) is 1. The minimum Gasteiger partial charge on any atom is -0.370 e. The molecule has 1 amide bonds. The zero-order chi connectivity index (χ0) is 15.9. The molecule has 1 aromatic carbocycles. The van der Waals surface area contributed by atoms with E-state index in [1.807, 2.05) is 0 Å². The Hall–Kier alpha value is -3.16. The fourth-order valence-electron chi connectivity index (χ4n) is 1.74. The molecule has 2 rings (SSSR count). The molecule has 0 aliphatic heterocycles. The smallest absolute Gasteiger partial charge is 0.325 e. The van der Waals surface area contributed by atoms with Crippen molar-refractivity contribution >= 4 is 11.9 Å². The van der Waals surface area contributed by atoms with Crippen molar-refractivity contribution in [2.24, 2.45) is 10.7 Å². The Kier molecular flexibility index (Phi) is 4.86. The molecule has 0 aliphatic carbocycles. The summed E-state index contributed by atoms with van der Waals surface area (Å²) in [7, 11) is 0. The van der Waals surface area contributed by atoms with Crippen LogP contribution in [0.1, 0.15) is 15.9 Å². The van der Waals surface area contributed by atoms with Gasteiger partial charge in [0.1, 0.15) is 0 Å². The maximum Gasteiger partial charge on any atom is 0.325 e. The van der Waals surface area contributed by atoms with Crippen molar-refractivity contribution in [2.45, 2.75) is 6.42 Å². The van der Waals surface area contributed by atoms with Crippen molar-refractivity contribution in [3.8, 4) is 0 Å². The van der Waals surface area contributed by atoms with Crippen molar-refractivity contribution < 1.29 is 4.79 Å². The second-order valence-corrected chi connectivity index (χ2v) is 4.43. The number of nitrogens with one attached hydrogen (secondary N) is 3. The Balaban J connectivity index is 1.91. The number of nitrogens with two attached hydrogens (primary N) is 1. The molecule has 0 unspecified atom stereocenters. The Morgan fingerprint density at radius 1 is 1.23 bits per heavy atom. The van der Waals surface area contributed by atoms with Gasteiger partial charge in [-0.3, -0.25) is 24.9 Å². The molecule has 0 atom stereocenters. The summed E-state index contributed by atoms with van der Waals surface area (Å²) in [6, 6.07) is 8.59. The zero-order valence-electron chi connectivity index (χ0n) is 11.6. The van der Waals surface area contributed by atoms with Gasteiger partial charge in [0.05, 0.1) is 0 Å². The molecule has 1 heterocycles. The molecule has 5 N–H and O–H groups in total. The minimum atomic E-state index is -0.563. The van der Waals surface area contributed by atoms with Crippen molar-refractivity contribution in [1.29, 1.82) is 0 Å². The molecule has 0 fully saturated rings. The van der Waals surface area contributed by atoms with E-state index in [9.17, 15) is 14.4 Å². The van der Waals surface area contributed by atoms with Crippen LogP contribution in [0.2, 0.25) is 0 Å². The van der Waals surface area contributed by atoms with E-state index in [1.54, 1.807) is 30.3 Å². The van der Waals surface area contributed by atoms with Gasteiger partial charge >= 0.3 is 5.69 Å². The lowest BCUT2D eigenvalue weighted by atomic mass is 10.2. The van der Waals surface area contributed by atoms with Crippen LogP contribution in [0.4, 0.5) is 0 Å². The highest BCUT2D eigenvalue weighted by Gasteiger charge is 2.05. The van der Waals surface area contributed by atoms with Gasteiger partial charge in [0.2, 0.25) is 0 Å². The highest BCUT2D eigenvalue weighted by atomic mass is 16.2. The standard InChI is InChI=1S/C14H15N5O3/c15-13(18-11(20)9-4-2-1-3-5-9)16-7-6-10-8-17-14(22)19-12(10)21/h1-5,8H,6-7H2,(H3,15,16,18,20)(H2,17,19,21,22). The average molecular weight is 301 g/mol. The third-order valence-corrected chi connectivity index (χ3v) is 2.84. The summed E-state index contributed by atoms with van der Waals surface area (Å²) < 4.78 is 0. The Morgan fingerprint density at radius 3 is 2.64 bits per heavy atom. The van der Waals surface area contributed by atoms with E-state index in [-0.39, 0.29) is 24.8 Å². The van der Waals surface area contributed by atoms with Crippen LogP contribution in [0.25, 0.3) is 0 Å². The van der Waals surface area contributed by atoms with E-state index >= 15 is 0 Å². The molecule has 0 aliphatic rings. The van der Waals surface area contributed by atoms with E-state index in [0.29, 0.717) is 11.1 Å². The van der Waals surface area contributed by atoms with E-state index in [1.165, 1.54) is 6.20 Å². The quantitative estimate of drug-likeness (QED) is 0.441. The monoisotopic (exact) mass is 301 g/mol. The molecule has 8 nitrogen and oxygen atoms in total. The maximum absolute atomic E-state index is 11.8. The fraction of sp³-hybridized carbons (Fsp3) is 0.143. The molecule has 22 heavy (non-hydrogen) atoms. The lowest BCUT2D eigenvalue weighted by Crippen LogP contribution is -2.37. The van der Waals surface area contributed by atoms with Crippen LogP contribution in [0.3, 0.4) is 0 Å². The zero-order valence-corrected chi connectivity index (χ0v) is 11.6. The molecule has 0 radical (unpaired) electrons. The number of rotatable bonds is 4. The summed E-state index contributed by atoms with van der Waals surface area (Å²) in [5, 5.41) is 2.45. The number of amides is 1. The van der Waals surface area contributed by atoms with Crippen LogP contribution < -0.4 is 22.3 Å². The van der Waals surface area contributed by atoms with Crippen LogP contribution in [0.15, 0.2) is 51.1 Å². The van der Waals surface area contributed by atoms with Crippen molar-refractivity contribution in [2.75, 3.05) is 6.54 Å². The van der Waals surface area contributed by atoms with Gasteiger partial charge in [0.25, 0.3) is 11.5 Å². The average Bonchev–Trinajstić information content (AvgIpc) is 2.50. The topological polar surface area (TPSA) is 133 Å². The number of aromatic amines is 2. The third kappa shape index (κ3) is 4.17. The molecule has 8 heteroatoms. The van der Waals surface area contributed by atoms with Crippen molar-refractivity contribution in [3.63, 3.8) is 0 Å². The number of carbonyl (C=O) groups excluding carboxylic acids is 1. The summed E-state index contributed by atoms with van der Waals surface area (Å²) >= 11 is 0. The number of hydrogen-bond donors (Lipinski definition) is 4. The van der Waals surface area contributed by atoms with E-state index in [4.69, 9.17) is 5.73 Å². The van der Waals surface area contributed by atoms with Crippen LogP contribution in [0.5, 0.6) is 0 Å². The normalized spacial score (nSPS) is 11.2. The number of hydrogen-bond acceptors (Lipinski definition) is 4. The van der Waals surface area contributed by atoms with Gasteiger partial charge in [-0.2, -0.15) is 0 Å². The lowest BCUT2D eigenvalue weighted by molar-refractivity contribution is 0.0976. The fourth-order valence-corrected chi connectivity index (χ4v) is 1.74. The van der Waals surface area contributed by atoms with Crippen LogP contribution >= 0.6 is 0 Å². The van der Waals surface area contributed by atoms with Crippen molar-refractivity contribution in [3.05, 3.63) is 68.5 Å². The number of aliphatic imine (C=N–C) groups is 1. The molecule has 2 aromatic rings. The van der Waals surface area contributed by atoms with E-state index < -0.39 is 11.2 Å². The number of aromatic nitrogens is 2. The summed E-state index contributed by atoms with van der Waals surface area (Å²) in [6.45, 7) is 0.204. The molecule has 0 saturated carbocycles. The van der Waals surface area contributed by atoms with Crippen LogP contribution in [-0.2, 0) is 6.42 Å². The number of H-pyrrole nitrogens is 2. The number of carbonyl (C=O) groups is 1. The first-order chi connectivity index (χ1) is 10.6. The molecular weight excluding hydrogens is 286 g/mol. The maximum atomic E-state index is 11.8. The SMILES string of the molecule is NC(=NCCc1c[nH]c(=O)[nH]c1=O)NC(=O)c1ccccc1. The number of guanidine groups is 1. The van der Waals surface area contributed by atoms with Crippen molar-refractivity contribution in [1.82, 2.24) is 15.3 Å². The van der Waals surface area contributed by atoms with Gasteiger partial charge in [-0.1, -0.05) is 18.2 Å². The van der Waals surface area contributed by atoms with Crippen LogP contribution in [-0.4, -0.2) is 28.4 Å². The first kappa shape index (κ1) is 15.2. The predicted molar refractivity (Wildman–Crippen MR) is 81.8 cm³/mol. The summed E-state index contributed by atoms with van der Waals surface area (Å²) in [5.74, 6) is -0.390. The molecule has 0 saturated heterocycles. The van der Waals surface area contributed by atoms with Gasteiger partial charge in [-0.05, 0) is 18.6 Å². The van der Waals surface area contributed by atoms with Gasteiger partial charge in [0, 0.05) is 23.9 Å². The van der Waals surface area contributed by atoms with Gasteiger partial charge in [-0.15, -0.1) is 0 Å². The van der Waals surface area contributed by atoms with Gasteiger partial charge in [-0.25, -0.2) is 4.79 Å². The van der Waals surface area contributed by atoms with E-state index in [0.717, 1.165) is 0 Å². The number of benzene rings is 1. The highest BCUT2D eigenvalue weighted by Crippen LogP contribution is 1.97. The third-order valence-electron chi connectivity index (χ3n) is 2.84. The van der Waals surface area contributed by atoms with E-state index in [2.05, 4.69) is 20.3 Å². The van der Waals surface area contributed by atoms with Crippen LogP contribution in [0, 0.1) is 0 Å². The second kappa shape index (κ2) is 7.02. The molecule has 0 bridgehead atoms. The predicted octanol–water partition coefficient (Wildman–Crippen LogP) is -0.650. The molecular formula is C14H15N5O3. The minimum absolute atomic E-state index is 0.0327. The summed E-state index contributed by atoms with van der Waals surface area (Å²) in [5.41, 5.74) is 5.43. The summed E-state index contributed by atoms with van der Waals surface area (Å²) in [6.07, 6.45) is 1.61. The first-order valence-corrected chi connectivity index (χ1v) is 6.53. The Morgan fingerprint density at radius 2 is 1.95 bits per heavy atom. The largest absolute Gasteiger partial charge is 0.370 e. The lowest BCUT2D eigenvalue weighted by Gasteiger charge is -2.04. The molecule has 114 valence electrons. The first-order valence-electron chi connectivity index (χ1n) is 6.53. The second-order valence-electron chi connectivity index (χ2n) is 4.43. The van der Waals surface area contributed by atoms with Gasteiger partial charge < -0.3 is 10.7 Å². The highest BCUT2D eigenvalue weighted by molar-refractivity contribution is 6.05. The Labute approximate surface area is 125 Å². The summed E-state index contributed by atoms with van der Waals surface area (Å²) in [4.78, 5) is 42.6. The Bertz CT molecular complexity index is 792. The molecule has 1 aromatic heterocycles. The molecule has 0 spiro atoms. The van der Waals surface area contributed by atoms with Gasteiger partial charge in [0.15, 0.2) is 5.96 Å².